The van der Waals surface area contributed by atoms with Gasteiger partial charge in [-0.1, -0.05) is 48.6 Å². The first-order chi connectivity index (χ1) is 13.6. The number of rotatable bonds is 2. The number of benzene rings is 2. The molecular weight excluding hydrogens is 353 g/mol. The quantitative estimate of drug-likeness (QED) is 0.711. The second kappa shape index (κ2) is 5.99. The van der Waals surface area contributed by atoms with Crippen LogP contribution in [0.3, 0.4) is 0 Å². The van der Waals surface area contributed by atoms with Gasteiger partial charge in [-0.05, 0) is 52.6 Å². The van der Waals surface area contributed by atoms with E-state index in [1.807, 2.05) is 48.6 Å². The molecule has 136 valence electrons. The van der Waals surface area contributed by atoms with Crippen molar-refractivity contribution in [2.75, 3.05) is 7.11 Å². The van der Waals surface area contributed by atoms with E-state index in [4.69, 9.17) is 9.73 Å². The first-order valence-electron chi connectivity index (χ1n) is 9.00. The number of aliphatic imine (C=N–C) groups is 1. The van der Waals surface area contributed by atoms with Gasteiger partial charge in [0.2, 0.25) is 0 Å². The number of para-hydroxylation sites is 1. The van der Waals surface area contributed by atoms with Crippen molar-refractivity contribution in [2.45, 2.75) is 5.41 Å². The molecule has 0 bridgehead atoms. The van der Waals surface area contributed by atoms with Crippen molar-refractivity contribution in [3.63, 3.8) is 0 Å². The Balaban J connectivity index is 1.81. The van der Waals surface area contributed by atoms with E-state index in [1.54, 1.807) is 12.1 Å². The summed E-state index contributed by atoms with van der Waals surface area (Å²) in [5.41, 5.74) is 5.10. The average Bonchev–Trinajstić information content (AvgIpc) is 3.05. The number of hydrogen-bond donors (Lipinski definition) is 0. The SMILES string of the molecule is COC(=O)C1=CC(c2ccc(F)cc2)=CC23C1=CC=CC2=Nc1ccccc13. The van der Waals surface area contributed by atoms with Crippen LogP contribution in [-0.2, 0) is 14.9 Å². The minimum atomic E-state index is -0.659. The summed E-state index contributed by atoms with van der Waals surface area (Å²) in [6.07, 6.45) is 9.76. The van der Waals surface area contributed by atoms with Crippen LogP contribution in [-0.4, -0.2) is 18.8 Å². The molecule has 1 aliphatic heterocycles. The summed E-state index contributed by atoms with van der Waals surface area (Å²) in [5, 5.41) is 0. The lowest BCUT2D eigenvalue weighted by atomic mass is 9.63. The molecule has 0 saturated carbocycles. The van der Waals surface area contributed by atoms with Gasteiger partial charge in [-0.3, -0.25) is 4.99 Å². The molecule has 1 spiro atoms. The monoisotopic (exact) mass is 369 g/mol. The number of methoxy groups -OCH3 is 1. The predicted molar refractivity (Wildman–Crippen MR) is 107 cm³/mol. The summed E-state index contributed by atoms with van der Waals surface area (Å²) >= 11 is 0. The molecule has 2 aliphatic carbocycles. The Bertz CT molecular complexity index is 1170. The van der Waals surface area contributed by atoms with E-state index in [0.29, 0.717) is 5.57 Å². The van der Waals surface area contributed by atoms with Crippen LogP contribution in [0.4, 0.5) is 10.1 Å². The van der Waals surface area contributed by atoms with Gasteiger partial charge in [-0.2, -0.15) is 0 Å². The molecule has 2 aromatic carbocycles. The average molecular weight is 369 g/mol. The minimum Gasteiger partial charge on any atom is -0.465 e. The van der Waals surface area contributed by atoms with E-state index >= 15 is 0 Å². The molecule has 28 heavy (non-hydrogen) atoms. The minimum absolute atomic E-state index is 0.301. The molecule has 1 atom stereocenters. The van der Waals surface area contributed by atoms with Gasteiger partial charge < -0.3 is 4.74 Å². The Hall–Kier alpha value is -3.53. The number of esters is 1. The van der Waals surface area contributed by atoms with Crippen LogP contribution < -0.4 is 0 Å². The second-order valence-electron chi connectivity index (χ2n) is 6.92. The second-order valence-corrected chi connectivity index (χ2v) is 6.92. The van der Waals surface area contributed by atoms with Gasteiger partial charge in [0.25, 0.3) is 0 Å². The lowest BCUT2D eigenvalue weighted by molar-refractivity contribution is -0.135. The number of fused-ring (bicyclic) bond motifs is 1. The Morgan fingerprint density at radius 3 is 2.68 bits per heavy atom. The van der Waals surface area contributed by atoms with E-state index in [-0.39, 0.29) is 5.82 Å². The van der Waals surface area contributed by atoms with Crippen molar-refractivity contribution in [1.82, 2.24) is 0 Å². The highest BCUT2D eigenvalue weighted by atomic mass is 19.1. The number of carbonyl (C=O) groups excluding carboxylic acids is 1. The molecular formula is C24H16FNO2. The summed E-state index contributed by atoms with van der Waals surface area (Å²) in [5.74, 6) is -0.706. The fourth-order valence-electron chi connectivity index (χ4n) is 4.21. The third-order valence-electron chi connectivity index (χ3n) is 5.46. The maximum absolute atomic E-state index is 13.4. The highest BCUT2D eigenvalue weighted by molar-refractivity contribution is 6.18. The number of hydrogen-bond acceptors (Lipinski definition) is 3. The largest absolute Gasteiger partial charge is 0.465 e. The summed E-state index contributed by atoms with van der Waals surface area (Å²) in [7, 11) is 1.38. The first-order valence-corrected chi connectivity index (χ1v) is 9.00. The van der Waals surface area contributed by atoms with Gasteiger partial charge in [0.05, 0.1) is 29.5 Å². The van der Waals surface area contributed by atoms with E-state index < -0.39 is 11.4 Å². The lowest BCUT2D eigenvalue weighted by Crippen LogP contribution is -2.38. The number of nitrogens with zero attached hydrogens (tertiary/aromatic N) is 1. The zero-order chi connectivity index (χ0) is 19.3. The maximum Gasteiger partial charge on any atom is 0.338 e. The highest BCUT2D eigenvalue weighted by Crippen LogP contribution is 2.53. The molecule has 0 aromatic heterocycles. The molecule has 2 aromatic rings. The number of halogens is 1. The van der Waals surface area contributed by atoms with Crippen molar-refractivity contribution in [1.29, 1.82) is 0 Å². The first kappa shape index (κ1) is 16.6. The molecule has 0 fully saturated rings. The molecule has 1 unspecified atom stereocenters. The Kier molecular flexibility index (Phi) is 3.56. The normalized spacial score (nSPS) is 21.5. The predicted octanol–water partition coefficient (Wildman–Crippen LogP) is 4.84. The lowest BCUT2D eigenvalue weighted by Gasteiger charge is -2.37. The van der Waals surface area contributed by atoms with Crippen LogP contribution in [0.15, 0.2) is 95.0 Å². The fraction of sp³-hybridized carbons (Fsp3) is 0.0833. The summed E-state index contributed by atoms with van der Waals surface area (Å²) in [6.45, 7) is 0. The van der Waals surface area contributed by atoms with E-state index in [2.05, 4.69) is 6.08 Å². The van der Waals surface area contributed by atoms with Crippen LogP contribution in [0.25, 0.3) is 5.57 Å². The van der Waals surface area contributed by atoms with Crippen molar-refractivity contribution in [3.8, 4) is 0 Å². The van der Waals surface area contributed by atoms with Crippen LogP contribution in [0, 0.1) is 5.82 Å². The molecule has 3 aliphatic rings. The molecule has 0 amide bonds. The van der Waals surface area contributed by atoms with Crippen LogP contribution in [0.1, 0.15) is 11.1 Å². The highest BCUT2D eigenvalue weighted by Gasteiger charge is 2.48. The van der Waals surface area contributed by atoms with Crippen LogP contribution in [0.5, 0.6) is 0 Å². The summed E-state index contributed by atoms with van der Waals surface area (Å²) < 4.78 is 18.5. The van der Waals surface area contributed by atoms with Gasteiger partial charge in [-0.15, -0.1) is 0 Å². The molecule has 4 heteroatoms. The van der Waals surface area contributed by atoms with Crippen molar-refractivity contribution in [3.05, 3.63) is 107 Å². The summed E-state index contributed by atoms with van der Waals surface area (Å²) in [6, 6.07) is 14.2. The van der Waals surface area contributed by atoms with Crippen LogP contribution in [0.2, 0.25) is 0 Å². The van der Waals surface area contributed by atoms with Gasteiger partial charge in [0, 0.05) is 0 Å². The van der Waals surface area contributed by atoms with Gasteiger partial charge in [-0.25, -0.2) is 9.18 Å². The van der Waals surface area contributed by atoms with Crippen LogP contribution >= 0.6 is 0 Å². The number of ether oxygens (including phenoxy) is 1. The van der Waals surface area contributed by atoms with Crippen molar-refractivity contribution < 1.29 is 13.9 Å². The van der Waals surface area contributed by atoms with E-state index in [9.17, 15) is 9.18 Å². The zero-order valence-corrected chi connectivity index (χ0v) is 15.1. The van der Waals surface area contributed by atoms with E-state index in [0.717, 1.165) is 33.7 Å². The molecule has 0 saturated heterocycles. The third-order valence-corrected chi connectivity index (χ3v) is 5.46. The van der Waals surface area contributed by atoms with E-state index in [1.165, 1.54) is 19.2 Å². The molecule has 0 radical (unpaired) electrons. The molecule has 1 heterocycles. The molecule has 0 N–H and O–H groups in total. The molecule has 5 rings (SSSR count). The van der Waals surface area contributed by atoms with Crippen molar-refractivity contribution in [2.24, 2.45) is 4.99 Å². The fourth-order valence-corrected chi connectivity index (χ4v) is 4.21. The number of allylic oxidation sites excluding steroid dienone is 6. The Morgan fingerprint density at radius 2 is 1.89 bits per heavy atom. The van der Waals surface area contributed by atoms with Gasteiger partial charge >= 0.3 is 5.97 Å². The topological polar surface area (TPSA) is 38.7 Å². The maximum atomic E-state index is 13.4. The number of carbonyl (C=O) groups is 1. The van der Waals surface area contributed by atoms with Gasteiger partial charge in [0.15, 0.2) is 0 Å². The zero-order valence-electron chi connectivity index (χ0n) is 15.1. The smallest absolute Gasteiger partial charge is 0.338 e. The Labute approximate surface area is 161 Å². The molecule has 3 nitrogen and oxygen atoms in total. The summed E-state index contributed by atoms with van der Waals surface area (Å²) in [4.78, 5) is 17.5. The van der Waals surface area contributed by atoms with Gasteiger partial charge in [0.1, 0.15) is 5.82 Å². The van der Waals surface area contributed by atoms with Crippen molar-refractivity contribution >= 4 is 22.9 Å². The Morgan fingerprint density at radius 1 is 1.11 bits per heavy atom. The third kappa shape index (κ3) is 2.21. The standard InChI is InChI=1S/C24H16FNO2/c1-28-23(27)18-13-16(15-9-11-17(25)12-10-15)14-24-19(18)6-4-8-22(24)26-21-7-3-2-5-20(21)24/h2-14H,1H3.